The fourth-order valence-electron chi connectivity index (χ4n) is 3.94. The molecule has 8 nitrogen and oxygen atoms in total. The van der Waals surface area contributed by atoms with Crippen molar-refractivity contribution in [3.05, 3.63) is 62.8 Å². The van der Waals surface area contributed by atoms with Gasteiger partial charge in [-0.2, -0.15) is 5.26 Å². The van der Waals surface area contributed by atoms with E-state index < -0.39 is 0 Å². The Kier molecular flexibility index (Phi) is 8.80. The molecule has 0 fully saturated rings. The number of nitrogens with one attached hydrogen (secondary N) is 2. The first-order valence-electron chi connectivity index (χ1n) is 11.6. The summed E-state index contributed by atoms with van der Waals surface area (Å²) in [4.78, 5) is 26.1. The third-order valence-corrected chi connectivity index (χ3v) is 8.24. The molecule has 2 aromatic heterocycles. The van der Waals surface area contributed by atoms with Crippen molar-refractivity contribution < 1.29 is 9.59 Å². The number of fused-ring (bicyclic) bond motifs is 1. The number of nitrogens with zero attached hydrogens (tertiary/aromatic N) is 4. The van der Waals surface area contributed by atoms with Crippen molar-refractivity contribution in [1.29, 1.82) is 5.26 Å². The minimum atomic E-state index is -0.277. The van der Waals surface area contributed by atoms with Crippen LogP contribution in [0.25, 0.3) is 6.08 Å². The van der Waals surface area contributed by atoms with Gasteiger partial charge < -0.3 is 15.2 Å². The number of anilines is 1. The highest BCUT2D eigenvalue weighted by Gasteiger charge is 2.22. The molecule has 186 valence electrons. The Hall–Kier alpha value is -3.13. The molecule has 1 aliphatic carbocycles. The molecule has 0 bridgehead atoms. The highest BCUT2D eigenvalue weighted by atomic mass is 35.5. The van der Waals surface area contributed by atoms with Gasteiger partial charge in [0.05, 0.1) is 17.9 Å². The third-order valence-electron chi connectivity index (χ3n) is 5.72. The Bertz CT molecular complexity index is 1340. The SMILES string of the molecule is CCn1c(CNC(=O)/C=C/c2ccccc2Cl)nnc1SCC(=O)Nc1sc2c(c1C#N)CCCC2. The van der Waals surface area contributed by atoms with E-state index in [1.807, 2.05) is 29.7 Å². The zero-order valence-corrected chi connectivity index (χ0v) is 22.1. The average molecular weight is 541 g/mol. The normalized spacial score (nSPS) is 12.8. The van der Waals surface area contributed by atoms with E-state index in [0.29, 0.717) is 33.1 Å². The summed E-state index contributed by atoms with van der Waals surface area (Å²) in [5.41, 5.74) is 2.45. The van der Waals surface area contributed by atoms with E-state index in [9.17, 15) is 14.9 Å². The lowest BCUT2D eigenvalue weighted by Crippen LogP contribution is -2.22. The Labute approximate surface area is 222 Å². The lowest BCUT2D eigenvalue weighted by Gasteiger charge is -2.09. The van der Waals surface area contributed by atoms with Crippen LogP contribution in [0.4, 0.5) is 5.00 Å². The molecule has 0 saturated carbocycles. The predicted octanol–water partition coefficient (Wildman–Crippen LogP) is 4.82. The van der Waals surface area contributed by atoms with Crippen LogP contribution in [-0.2, 0) is 35.5 Å². The van der Waals surface area contributed by atoms with Gasteiger partial charge in [-0.05, 0) is 55.9 Å². The summed E-state index contributed by atoms with van der Waals surface area (Å²) >= 11 is 8.89. The molecule has 1 aliphatic rings. The van der Waals surface area contributed by atoms with E-state index in [4.69, 9.17) is 11.6 Å². The molecule has 0 spiro atoms. The van der Waals surface area contributed by atoms with Gasteiger partial charge in [-0.1, -0.05) is 41.6 Å². The predicted molar refractivity (Wildman–Crippen MR) is 143 cm³/mol. The molecule has 0 unspecified atom stereocenters. The van der Waals surface area contributed by atoms with E-state index in [-0.39, 0.29) is 24.1 Å². The Morgan fingerprint density at radius 1 is 1.28 bits per heavy atom. The first-order valence-corrected chi connectivity index (χ1v) is 13.8. The van der Waals surface area contributed by atoms with Crippen molar-refractivity contribution in [2.24, 2.45) is 0 Å². The van der Waals surface area contributed by atoms with E-state index in [1.54, 1.807) is 12.1 Å². The van der Waals surface area contributed by atoms with Crippen LogP contribution in [0.15, 0.2) is 35.5 Å². The number of hydrogen-bond acceptors (Lipinski definition) is 7. The molecular formula is C25H25ClN6O2S2. The van der Waals surface area contributed by atoms with Crippen LogP contribution < -0.4 is 10.6 Å². The quantitative estimate of drug-likeness (QED) is 0.297. The molecule has 0 radical (unpaired) electrons. The number of amides is 2. The number of thioether (sulfide) groups is 1. The van der Waals surface area contributed by atoms with Crippen LogP contribution in [0.3, 0.4) is 0 Å². The molecule has 3 aromatic rings. The maximum Gasteiger partial charge on any atom is 0.244 e. The monoisotopic (exact) mass is 540 g/mol. The smallest absolute Gasteiger partial charge is 0.244 e. The maximum atomic E-state index is 12.6. The van der Waals surface area contributed by atoms with Crippen LogP contribution in [0.5, 0.6) is 0 Å². The molecule has 11 heteroatoms. The highest BCUT2D eigenvalue weighted by molar-refractivity contribution is 7.99. The fraction of sp³-hybridized carbons (Fsp3) is 0.320. The van der Waals surface area contributed by atoms with Gasteiger partial charge in [0.15, 0.2) is 11.0 Å². The lowest BCUT2D eigenvalue weighted by atomic mass is 9.96. The fourth-order valence-corrected chi connectivity index (χ4v) is 6.22. The number of benzene rings is 1. The third kappa shape index (κ3) is 6.16. The van der Waals surface area contributed by atoms with E-state index in [0.717, 1.165) is 36.8 Å². The number of aryl methyl sites for hydroxylation is 1. The number of carbonyl (C=O) groups excluding carboxylic acids is 2. The van der Waals surface area contributed by atoms with E-state index >= 15 is 0 Å². The molecule has 0 aliphatic heterocycles. The summed E-state index contributed by atoms with van der Waals surface area (Å²) in [5.74, 6) is 0.261. The molecule has 2 heterocycles. The molecule has 1 aromatic carbocycles. The zero-order valence-electron chi connectivity index (χ0n) is 19.7. The largest absolute Gasteiger partial charge is 0.345 e. The Balaban J connectivity index is 1.32. The minimum Gasteiger partial charge on any atom is -0.345 e. The molecule has 2 N–H and O–H groups in total. The second-order valence-corrected chi connectivity index (χ2v) is 10.5. The minimum absolute atomic E-state index is 0.137. The number of halogens is 1. The van der Waals surface area contributed by atoms with Crippen LogP contribution in [0.1, 0.15) is 47.2 Å². The van der Waals surface area contributed by atoms with Gasteiger partial charge in [0.1, 0.15) is 11.1 Å². The second-order valence-electron chi connectivity index (χ2n) is 8.08. The van der Waals surface area contributed by atoms with E-state index in [1.165, 1.54) is 34.1 Å². The average Bonchev–Trinajstić information content (AvgIpc) is 3.45. The number of rotatable bonds is 9. The molecule has 4 rings (SSSR count). The van der Waals surface area contributed by atoms with Gasteiger partial charge in [-0.25, -0.2) is 0 Å². The second kappa shape index (κ2) is 12.2. The number of thiophene rings is 1. The first kappa shape index (κ1) is 25.9. The summed E-state index contributed by atoms with van der Waals surface area (Å²) in [6.45, 7) is 2.74. The summed E-state index contributed by atoms with van der Waals surface area (Å²) in [5, 5.41) is 25.5. The summed E-state index contributed by atoms with van der Waals surface area (Å²) < 4.78 is 1.86. The van der Waals surface area contributed by atoms with Gasteiger partial charge in [-0.15, -0.1) is 21.5 Å². The van der Waals surface area contributed by atoms with Gasteiger partial charge in [0, 0.05) is 22.5 Å². The molecule has 2 amide bonds. The summed E-state index contributed by atoms with van der Waals surface area (Å²) in [6.07, 6.45) is 7.14. The molecule has 0 saturated heterocycles. The van der Waals surface area contributed by atoms with Gasteiger partial charge in [0.25, 0.3) is 0 Å². The van der Waals surface area contributed by atoms with E-state index in [2.05, 4.69) is 26.9 Å². The van der Waals surface area contributed by atoms with Crippen molar-refractivity contribution in [3.8, 4) is 6.07 Å². The summed E-state index contributed by atoms with van der Waals surface area (Å²) in [6, 6.07) is 9.53. The first-order chi connectivity index (χ1) is 17.5. The number of hydrogen-bond donors (Lipinski definition) is 2. The molecular weight excluding hydrogens is 516 g/mol. The number of nitriles is 1. The highest BCUT2D eigenvalue weighted by Crippen LogP contribution is 2.37. The van der Waals surface area contributed by atoms with Gasteiger partial charge in [-0.3, -0.25) is 9.59 Å². The molecule has 0 atom stereocenters. The van der Waals surface area contributed by atoms with Crippen LogP contribution in [0, 0.1) is 11.3 Å². The standard InChI is InChI=1S/C25H25ClN6O2S2/c1-2-32-21(14-28-22(33)12-11-16-7-3-5-9-19(16)26)30-31-25(32)35-15-23(34)29-24-18(13-27)17-8-4-6-10-20(17)36-24/h3,5,7,9,11-12H,2,4,6,8,10,14-15H2,1H3,(H,28,33)(H,29,34)/b12-11+. The maximum absolute atomic E-state index is 12.6. The molecule has 36 heavy (non-hydrogen) atoms. The van der Waals surface area contributed by atoms with Crippen LogP contribution >= 0.6 is 34.7 Å². The zero-order chi connectivity index (χ0) is 25.5. The van der Waals surface area contributed by atoms with Crippen molar-refractivity contribution >= 4 is 57.6 Å². The summed E-state index contributed by atoms with van der Waals surface area (Å²) in [7, 11) is 0. The Morgan fingerprint density at radius 2 is 2.08 bits per heavy atom. The van der Waals surface area contributed by atoms with Crippen molar-refractivity contribution in [1.82, 2.24) is 20.1 Å². The van der Waals surface area contributed by atoms with Gasteiger partial charge in [0.2, 0.25) is 11.8 Å². The Morgan fingerprint density at radius 3 is 2.86 bits per heavy atom. The van der Waals surface area contributed by atoms with Crippen molar-refractivity contribution in [2.45, 2.75) is 50.9 Å². The van der Waals surface area contributed by atoms with Crippen LogP contribution in [-0.4, -0.2) is 32.3 Å². The lowest BCUT2D eigenvalue weighted by molar-refractivity contribution is -0.116. The number of carbonyl (C=O) groups is 2. The van der Waals surface area contributed by atoms with Crippen LogP contribution in [0.2, 0.25) is 5.02 Å². The van der Waals surface area contributed by atoms with Crippen molar-refractivity contribution in [3.63, 3.8) is 0 Å². The van der Waals surface area contributed by atoms with Crippen molar-refractivity contribution in [2.75, 3.05) is 11.1 Å². The van der Waals surface area contributed by atoms with Gasteiger partial charge >= 0.3 is 0 Å². The topological polar surface area (TPSA) is 113 Å². The number of aromatic nitrogens is 3.